The van der Waals surface area contributed by atoms with Crippen LogP contribution in [-0.4, -0.2) is 35.7 Å². The molecule has 1 amide bonds. The quantitative estimate of drug-likeness (QED) is 0.432. The van der Waals surface area contributed by atoms with Crippen LogP contribution in [0.2, 0.25) is 5.02 Å². The van der Waals surface area contributed by atoms with Crippen LogP contribution in [0.25, 0.3) is 0 Å². The number of oxime groups is 1. The summed E-state index contributed by atoms with van der Waals surface area (Å²) in [6.45, 7) is 0. The van der Waals surface area contributed by atoms with Gasteiger partial charge in [0, 0.05) is 18.1 Å². The number of carbonyl (C=O) groups is 1. The molecule has 0 aliphatic carbocycles. The highest BCUT2D eigenvalue weighted by atomic mass is 35.5. The molecule has 2 aromatic carbocycles. The fourth-order valence-electron chi connectivity index (χ4n) is 2.43. The Kier molecular flexibility index (Phi) is 6.93. The second-order valence-electron chi connectivity index (χ2n) is 5.80. The van der Waals surface area contributed by atoms with Crippen LogP contribution in [0, 0.1) is 11.6 Å². The summed E-state index contributed by atoms with van der Waals surface area (Å²) in [6.07, 6.45) is 1.00. The number of carbonyl (C=O) groups excluding carboxylic acids is 1. The minimum Gasteiger partial charge on any atom is -0.436 e. The lowest BCUT2D eigenvalue weighted by molar-refractivity contribution is -0.114. The van der Waals surface area contributed by atoms with Crippen LogP contribution in [0.5, 0.6) is 23.3 Å². The molecule has 0 aliphatic rings. The lowest BCUT2D eigenvalue weighted by Crippen LogP contribution is -2.29. The molecule has 0 radical (unpaired) electrons. The SMILES string of the molecule is CNC(=O)C(=NOC)c1ccc(F)cc1Oc1ncnc(Oc2cccc(Cl)c2)c1F. The number of halogens is 3. The van der Waals surface area contributed by atoms with Crippen LogP contribution in [0.4, 0.5) is 8.78 Å². The van der Waals surface area contributed by atoms with Crippen molar-refractivity contribution in [1.82, 2.24) is 15.3 Å². The van der Waals surface area contributed by atoms with E-state index in [1.54, 1.807) is 18.2 Å². The third-order valence-electron chi connectivity index (χ3n) is 3.77. The molecule has 0 fully saturated rings. The average molecular weight is 449 g/mol. The van der Waals surface area contributed by atoms with Gasteiger partial charge in [-0.25, -0.2) is 4.39 Å². The number of benzene rings is 2. The van der Waals surface area contributed by atoms with E-state index in [2.05, 4.69) is 25.3 Å². The number of amides is 1. The topological polar surface area (TPSA) is 94.9 Å². The first kappa shape index (κ1) is 21.9. The molecule has 31 heavy (non-hydrogen) atoms. The Morgan fingerprint density at radius 2 is 1.84 bits per heavy atom. The molecule has 160 valence electrons. The smallest absolute Gasteiger partial charge is 0.273 e. The van der Waals surface area contributed by atoms with Crippen molar-refractivity contribution < 1.29 is 27.9 Å². The molecule has 1 heterocycles. The van der Waals surface area contributed by atoms with Crippen LogP contribution < -0.4 is 14.8 Å². The molecule has 8 nitrogen and oxygen atoms in total. The van der Waals surface area contributed by atoms with Crippen molar-refractivity contribution in [1.29, 1.82) is 0 Å². The predicted molar refractivity (Wildman–Crippen MR) is 108 cm³/mol. The van der Waals surface area contributed by atoms with E-state index in [-0.39, 0.29) is 22.8 Å². The largest absolute Gasteiger partial charge is 0.436 e. The van der Waals surface area contributed by atoms with E-state index in [0.717, 1.165) is 18.5 Å². The standard InChI is InChI=1S/C20H15ClF2N4O4/c1-24-18(28)17(27-29-2)14-7-6-12(22)9-15(14)31-20-16(23)19(25-10-26-20)30-13-5-3-4-11(21)8-13/h3-10H,1-2H3,(H,24,28). The van der Waals surface area contributed by atoms with Crippen LogP contribution in [0.15, 0.2) is 53.9 Å². The molecule has 0 aliphatic heterocycles. The summed E-state index contributed by atoms with van der Waals surface area (Å²) >= 11 is 5.89. The molecule has 11 heteroatoms. The van der Waals surface area contributed by atoms with Crippen molar-refractivity contribution in [3.05, 3.63) is 71.0 Å². The summed E-state index contributed by atoms with van der Waals surface area (Å²) in [5.41, 5.74) is -0.178. The van der Waals surface area contributed by atoms with E-state index in [9.17, 15) is 13.6 Å². The van der Waals surface area contributed by atoms with E-state index >= 15 is 0 Å². The fourth-order valence-corrected chi connectivity index (χ4v) is 2.61. The normalized spacial score (nSPS) is 11.1. The summed E-state index contributed by atoms with van der Waals surface area (Å²) in [5.74, 6) is -3.39. The second-order valence-corrected chi connectivity index (χ2v) is 6.24. The van der Waals surface area contributed by atoms with Gasteiger partial charge in [-0.05, 0) is 30.3 Å². The van der Waals surface area contributed by atoms with Crippen LogP contribution in [0.1, 0.15) is 5.56 Å². The van der Waals surface area contributed by atoms with Gasteiger partial charge in [-0.3, -0.25) is 4.79 Å². The first-order valence-corrected chi connectivity index (χ1v) is 9.05. The van der Waals surface area contributed by atoms with E-state index in [1.165, 1.54) is 26.3 Å². The minimum atomic E-state index is -1.05. The maximum absolute atomic E-state index is 14.9. The first-order chi connectivity index (χ1) is 14.9. The maximum Gasteiger partial charge on any atom is 0.273 e. The molecule has 3 aromatic rings. The summed E-state index contributed by atoms with van der Waals surface area (Å²) in [7, 11) is 2.61. The molecule has 0 saturated carbocycles. The molecule has 1 aromatic heterocycles. The highest BCUT2D eigenvalue weighted by molar-refractivity contribution is 6.45. The third kappa shape index (κ3) is 5.23. The van der Waals surface area contributed by atoms with Crippen molar-refractivity contribution in [2.45, 2.75) is 0 Å². The monoisotopic (exact) mass is 448 g/mol. The van der Waals surface area contributed by atoms with Crippen molar-refractivity contribution in [3.63, 3.8) is 0 Å². The minimum absolute atomic E-state index is 0.0397. The van der Waals surface area contributed by atoms with Crippen molar-refractivity contribution in [3.8, 4) is 23.3 Å². The molecule has 0 unspecified atom stereocenters. The number of likely N-dealkylation sites (N-methyl/N-ethyl adjacent to an activating group) is 1. The molecule has 0 spiro atoms. The van der Waals surface area contributed by atoms with E-state index in [1.807, 2.05) is 0 Å². The number of ether oxygens (including phenoxy) is 2. The highest BCUT2D eigenvalue weighted by Gasteiger charge is 2.22. The zero-order valence-corrected chi connectivity index (χ0v) is 17.0. The van der Waals surface area contributed by atoms with Gasteiger partial charge in [0.15, 0.2) is 5.71 Å². The Morgan fingerprint density at radius 3 is 2.52 bits per heavy atom. The number of hydrogen-bond donors (Lipinski definition) is 1. The molecule has 0 saturated heterocycles. The zero-order valence-electron chi connectivity index (χ0n) is 16.2. The Bertz CT molecular complexity index is 1140. The van der Waals surface area contributed by atoms with Gasteiger partial charge in [0.25, 0.3) is 17.7 Å². The van der Waals surface area contributed by atoms with E-state index < -0.39 is 29.3 Å². The molecule has 0 atom stereocenters. The Balaban J connectivity index is 1.98. The van der Waals surface area contributed by atoms with Gasteiger partial charge in [0.1, 0.15) is 30.8 Å². The number of aromatic nitrogens is 2. The van der Waals surface area contributed by atoms with Gasteiger partial charge in [0.2, 0.25) is 5.82 Å². The molecular weight excluding hydrogens is 434 g/mol. The number of hydrogen-bond acceptors (Lipinski definition) is 7. The number of nitrogens with zero attached hydrogens (tertiary/aromatic N) is 3. The van der Waals surface area contributed by atoms with Crippen molar-refractivity contribution in [2.75, 3.05) is 14.2 Å². The predicted octanol–water partition coefficient (Wildman–Crippen LogP) is 4.09. The van der Waals surface area contributed by atoms with Gasteiger partial charge in [0.05, 0.1) is 5.56 Å². The summed E-state index contributed by atoms with van der Waals surface area (Å²) in [6, 6.07) is 9.52. The van der Waals surface area contributed by atoms with Gasteiger partial charge in [-0.15, -0.1) is 0 Å². The van der Waals surface area contributed by atoms with Crippen LogP contribution >= 0.6 is 11.6 Å². The molecule has 0 bridgehead atoms. The summed E-state index contributed by atoms with van der Waals surface area (Å²) in [4.78, 5) is 24.3. The van der Waals surface area contributed by atoms with Gasteiger partial charge >= 0.3 is 0 Å². The summed E-state index contributed by atoms with van der Waals surface area (Å²) < 4.78 is 39.6. The number of nitrogens with one attached hydrogen (secondary N) is 1. The molecule has 3 rings (SSSR count). The Labute approximate surface area is 180 Å². The highest BCUT2D eigenvalue weighted by Crippen LogP contribution is 2.32. The Hall–Kier alpha value is -3.79. The van der Waals surface area contributed by atoms with E-state index in [4.69, 9.17) is 21.1 Å². The van der Waals surface area contributed by atoms with Gasteiger partial charge < -0.3 is 19.6 Å². The zero-order chi connectivity index (χ0) is 22.4. The van der Waals surface area contributed by atoms with Crippen molar-refractivity contribution >= 4 is 23.2 Å². The maximum atomic E-state index is 14.9. The van der Waals surface area contributed by atoms with Crippen LogP contribution in [-0.2, 0) is 9.63 Å². The fraction of sp³-hybridized carbons (Fsp3) is 0.100. The number of rotatable bonds is 7. The van der Waals surface area contributed by atoms with E-state index in [0.29, 0.717) is 5.02 Å². The van der Waals surface area contributed by atoms with Gasteiger partial charge in [-0.1, -0.05) is 22.8 Å². The molecule has 1 N–H and O–H groups in total. The second kappa shape index (κ2) is 9.81. The van der Waals surface area contributed by atoms with Crippen LogP contribution in [0.3, 0.4) is 0 Å². The third-order valence-corrected chi connectivity index (χ3v) is 4.00. The lowest BCUT2D eigenvalue weighted by Gasteiger charge is -2.13. The lowest BCUT2D eigenvalue weighted by atomic mass is 10.1. The first-order valence-electron chi connectivity index (χ1n) is 8.68. The average Bonchev–Trinajstić information content (AvgIpc) is 2.75. The Morgan fingerprint density at radius 1 is 1.10 bits per heavy atom. The van der Waals surface area contributed by atoms with Crippen molar-refractivity contribution in [2.24, 2.45) is 5.16 Å². The van der Waals surface area contributed by atoms with Gasteiger partial charge in [-0.2, -0.15) is 14.4 Å². The molecular formula is C20H15ClF2N4O4. The summed E-state index contributed by atoms with van der Waals surface area (Å²) in [5, 5.41) is 6.40.